The van der Waals surface area contributed by atoms with Gasteiger partial charge in [-0.2, -0.15) is 0 Å². The van der Waals surface area contributed by atoms with Gasteiger partial charge < -0.3 is 10.1 Å². The molecule has 3 nitrogen and oxygen atoms in total. The van der Waals surface area contributed by atoms with Gasteiger partial charge in [-0.05, 0) is 86.6 Å². The molecule has 1 N–H and O–H groups in total. The Morgan fingerprint density at radius 2 is 1.72 bits per heavy atom. The lowest BCUT2D eigenvalue weighted by molar-refractivity contribution is -0.122. The Morgan fingerprint density at radius 1 is 1.20 bits per heavy atom. The fourth-order valence-electron chi connectivity index (χ4n) is 4.14. The third-order valence-electron chi connectivity index (χ3n) is 6.00. The van der Waals surface area contributed by atoms with Gasteiger partial charge in [-0.25, -0.2) is 0 Å². The van der Waals surface area contributed by atoms with E-state index < -0.39 is 0 Å². The van der Waals surface area contributed by atoms with Crippen molar-refractivity contribution in [2.24, 2.45) is 11.3 Å². The van der Waals surface area contributed by atoms with Gasteiger partial charge in [0, 0.05) is 5.54 Å². The van der Waals surface area contributed by atoms with Gasteiger partial charge >= 0.3 is 0 Å². The number of nitrogens with one attached hydrogen (secondary N) is 1. The molecule has 1 aromatic carbocycles. The zero-order valence-corrected chi connectivity index (χ0v) is 17.1. The molecule has 1 aliphatic carbocycles. The molecule has 25 heavy (non-hydrogen) atoms. The van der Waals surface area contributed by atoms with Crippen LogP contribution in [0.1, 0.15) is 70.1 Å². The SMILES string of the molecule is COc1cc(C)c(CC(=O)NC2(C)CCC(C(C)(C)C)CC2)c(C)c1. The van der Waals surface area contributed by atoms with Gasteiger partial charge in [0.05, 0.1) is 13.5 Å². The Labute approximate surface area is 153 Å². The van der Waals surface area contributed by atoms with E-state index in [9.17, 15) is 4.79 Å². The maximum Gasteiger partial charge on any atom is 0.224 e. The van der Waals surface area contributed by atoms with Crippen molar-refractivity contribution in [3.63, 3.8) is 0 Å². The minimum Gasteiger partial charge on any atom is -0.497 e. The van der Waals surface area contributed by atoms with Crippen LogP contribution in [0.15, 0.2) is 12.1 Å². The topological polar surface area (TPSA) is 38.3 Å². The molecular weight excluding hydrogens is 310 g/mol. The highest BCUT2D eigenvalue weighted by atomic mass is 16.5. The van der Waals surface area contributed by atoms with Crippen LogP contribution >= 0.6 is 0 Å². The molecule has 2 rings (SSSR count). The highest BCUT2D eigenvalue weighted by Crippen LogP contribution is 2.41. The number of carbonyl (C=O) groups is 1. The van der Waals surface area contributed by atoms with E-state index >= 15 is 0 Å². The number of hydrogen-bond acceptors (Lipinski definition) is 2. The van der Waals surface area contributed by atoms with Crippen LogP contribution < -0.4 is 10.1 Å². The van der Waals surface area contributed by atoms with Crippen LogP contribution in [0.5, 0.6) is 5.75 Å². The van der Waals surface area contributed by atoms with Crippen molar-refractivity contribution in [2.45, 2.75) is 79.2 Å². The molecule has 1 fully saturated rings. The molecule has 3 heteroatoms. The van der Waals surface area contributed by atoms with Crippen LogP contribution in [-0.2, 0) is 11.2 Å². The lowest BCUT2D eigenvalue weighted by Crippen LogP contribution is -2.49. The maximum absolute atomic E-state index is 12.7. The number of benzene rings is 1. The van der Waals surface area contributed by atoms with Crippen molar-refractivity contribution >= 4 is 5.91 Å². The Bertz CT molecular complexity index is 596. The molecule has 0 aliphatic heterocycles. The van der Waals surface area contributed by atoms with E-state index in [1.165, 1.54) is 12.8 Å². The second-order valence-electron chi connectivity index (χ2n) is 9.17. The lowest BCUT2D eigenvalue weighted by atomic mass is 9.68. The summed E-state index contributed by atoms with van der Waals surface area (Å²) in [4.78, 5) is 12.7. The molecule has 1 aliphatic rings. The molecule has 1 aromatic rings. The highest BCUT2D eigenvalue weighted by molar-refractivity contribution is 5.80. The van der Waals surface area contributed by atoms with Crippen LogP contribution in [0.2, 0.25) is 0 Å². The van der Waals surface area contributed by atoms with Gasteiger partial charge in [0.1, 0.15) is 5.75 Å². The number of amides is 1. The van der Waals surface area contributed by atoms with Gasteiger partial charge in [0.15, 0.2) is 0 Å². The maximum atomic E-state index is 12.7. The van der Waals surface area contributed by atoms with E-state index in [1.807, 2.05) is 26.0 Å². The van der Waals surface area contributed by atoms with E-state index in [1.54, 1.807) is 7.11 Å². The number of hydrogen-bond donors (Lipinski definition) is 1. The molecule has 140 valence electrons. The average molecular weight is 346 g/mol. The average Bonchev–Trinajstić information content (AvgIpc) is 2.49. The van der Waals surface area contributed by atoms with Gasteiger partial charge in [0.2, 0.25) is 5.91 Å². The summed E-state index contributed by atoms with van der Waals surface area (Å²) in [5.41, 5.74) is 3.66. The first-order valence-corrected chi connectivity index (χ1v) is 9.49. The molecule has 0 heterocycles. The Balaban J connectivity index is 1.99. The summed E-state index contributed by atoms with van der Waals surface area (Å²) in [6, 6.07) is 4.01. The van der Waals surface area contributed by atoms with Crippen LogP contribution in [0.3, 0.4) is 0 Å². The molecule has 0 radical (unpaired) electrons. The first kappa shape index (κ1) is 19.8. The summed E-state index contributed by atoms with van der Waals surface area (Å²) in [7, 11) is 1.68. The summed E-state index contributed by atoms with van der Waals surface area (Å²) < 4.78 is 5.31. The minimum atomic E-state index is -0.0624. The van der Waals surface area contributed by atoms with Crippen molar-refractivity contribution in [1.29, 1.82) is 0 Å². The number of carbonyl (C=O) groups excluding carboxylic acids is 1. The lowest BCUT2D eigenvalue weighted by Gasteiger charge is -2.42. The van der Waals surface area contributed by atoms with Crippen LogP contribution in [-0.4, -0.2) is 18.6 Å². The standard InChI is InChI=1S/C22H35NO2/c1-15-12-18(25-7)13-16(2)19(15)14-20(24)23-22(6)10-8-17(9-11-22)21(3,4)5/h12-13,17H,8-11,14H2,1-7H3,(H,23,24). The Kier molecular flexibility index (Phi) is 5.86. The number of aryl methyl sites for hydroxylation is 2. The number of methoxy groups -OCH3 is 1. The van der Waals surface area contributed by atoms with Crippen molar-refractivity contribution in [3.05, 3.63) is 28.8 Å². The molecule has 0 unspecified atom stereocenters. The summed E-state index contributed by atoms with van der Waals surface area (Å²) in [5.74, 6) is 1.74. The van der Waals surface area contributed by atoms with E-state index in [2.05, 4.69) is 33.0 Å². The minimum absolute atomic E-state index is 0.0624. The molecular formula is C22H35NO2. The second kappa shape index (κ2) is 7.39. The van der Waals surface area contributed by atoms with Crippen LogP contribution in [0.25, 0.3) is 0 Å². The fourth-order valence-corrected chi connectivity index (χ4v) is 4.14. The number of ether oxygens (including phenoxy) is 1. The monoisotopic (exact) mass is 345 g/mol. The van der Waals surface area contributed by atoms with Gasteiger partial charge in [-0.3, -0.25) is 4.79 Å². The zero-order chi connectivity index (χ0) is 18.8. The number of rotatable bonds is 4. The first-order valence-electron chi connectivity index (χ1n) is 9.49. The Morgan fingerprint density at radius 3 is 2.16 bits per heavy atom. The quantitative estimate of drug-likeness (QED) is 0.837. The van der Waals surface area contributed by atoms with E-state index in [0.717, 1.165) is 41.2 Å². The second-order valence-corrected chi connectivity index (χ2v) is 9.17. The van der Waals surface area contributed by atoms with E-state index in [-0.39, 0.29) is 11.4 Å². The summed E-state index contributed by atoms with van der Waals surface area (Å²) >= 11 is 0. The van der Waals surface area contributed by atoms with Gasteiger partial charge in [-0.15, -0.1) is 0 Å². The molecule has 1 amide bonds. The highest BCUT2D eigenvalue weighted by Gasteiger charge is 2.36. The molecule has 0 aromatic heterocycles. The normalized spacial score (nSPS) is 24.0. The fraction of sp³-hybridized carbons (Fsp3) is 0.682. The summed E-state index contributed by atoms with van der Waals surface area (Å²) in [6.07, 6.45) is 4.98. The predicted octanol–water partition coefficient (Wildman–Crippen LogP) is 4.97. The zero-order valence-electron chi connectivity index (χ0n) is 17.1. The van der Waals surface area contributed by atoms with E-state index in [0.29, 0.717) is 11.8 Å². The van der Waals surface area contributed by atoms with Gasteiger partial charge in [0.25, 0.3) is 0 Å². The first-order chi connectivity index (χ1) is 11.5. The Hall–Kier alpha value is -1.51. The van der Waals surface area contributed by atoms with Crippen molar-refractivity contribution in [2.75, 3.05) is 7.11 Å². The van der Waals surface area contributed by atoms with Crippen LogP contribution in [0, 0.1) is 25.2 Å². The van der Waals surface area contributed by atoms with Gasteiger partial charge in [-0.1, -0.05) is 20.8 Å². The molecule has 0 atom stereocenters. The molecule has 0 bridgehead atoms. The smallest absolute Gasteiger partial charge is 0.224 e. The molecule has 0 spiro atoms. The third-order valence-corrected chi connectivity index (χ3v) is 6.00. The molecule has 1 saturated carbocycles. The summed E-state index contributed by atoms with van der Waals surface area (Å²) in [5, 5.41) is 3.33. The molecule has 0 saturated heterocycles. The largest absolute Gasteiger partial charge is 0.497 e. The van der Waals surface area contributed by atoms with Crippen molar-refractivity contribution in [1.82, 2.24) is 5.32 Å². The van der Waals surface area contributed by atoms with Crippen molar-refractivity contribution in [3.8, 4) is 5.75 Å². The predicted molar refractivity (Wildman–Crippen MR) is 104 cm³/mol. The van der Waals surface area contributed by atoms with Crippen molar-refractivity contribution < 1.29 is 9.53 Å². The summed E-state index contributed by atoms with van der Waals surface area (Å²) in [6.45, 7) is 13.3. The third kappa shape index (κ3) is 4.99. The van der Waals surface area contributed by atoms with E-state index in [4.69, 9.17) is 4.74 Å². The van der Waals surface area contributed by atoms with Crippen LogP contribution in [0.4, 0.5) is 0 Å².